The monoisotopic (exact) mass is 281 g/mol. The highest BCUT2D eigenvalue weighted by atomic mass is 16.5. The molecule has 4 nitrogen and oxygen atoms in total. The van der Waals surface area contributed by atoms with Crippen LogP contribution < -0.4 is 10.1 Å². The quantitative estimate of drug-likeness (QED) is 0.843. The summed E-state index contributed by atoms with van der Waals surface area (Å²) in [4.78, 5) is 12.7. The number of benzene rings is 2. The maximum atomic E-state index is 12.7. The summed E-state index contributed by atoms with van der Waals surface area (Å²) in [6, 6.07) is 8.90. The molecule has 4 heteroatoms. The van der Waals surface area contributed by atoms with Crippen LogP contribution in [-0.2, 0) is 6.42 Å². The first-order chi connectivity index (χ1) is 10.2. The van der Waals surface area contributed by atoms with Crippen LogP contribution in [0.15, 0.2) is 30.3 Å². The molecular weight excluding hydrogens is 266 g/mol. The lowest BCUT2D eigenvalue weighted by molar-refractivity contribution is 0.0937. The average Bonchev–Trinajstić information content (AvgIpc) is 2.51. The zero-order valence-corrected chi connectivity index (χ0v) is 11.6. The third kappa shape index (κ3) is 1.56. The van der Waals surface area contributed by atoms with Crippen molar-refractivity contribution in [1.29, 1.82) is 0 Å². The van der Waals surface area contributed by atoms with Crippen molar-refractivity contribution in [2.24, 2.45) is 0 Å². The fourth-order valence-corrected chi connectivity index (χ4v) is 3.48. The Labute approximate surface area is 122 Å². The number of carbonyl (C=O) groups excluding carboxylic acids is 1. The van der Waals surface area contributed by atoms with Gasteiger partial charge in [-0.25, -0.2) is 0 Å². The lowest BCUT2D eigenvalue weighted by Gasteiger charge is -2.34. The van der Waals surface area contributed by atoms with Gasteiger partial charge < -0.3 is 15.2 Å². The predicted molar refractivity (Wildman–Crippen MR) is 78.9 cm³/mol. The second kappa shape index (κ2) is 4.33. The number of Topliss-reactive ketones (excluding diaryl/α,β-unsaturated/α-hetero) is 1. The molecule has 0 amide bonds. The van der Waals surface area contributed by atoms with Crippen LogP contribution in [0.25, 0.3) is 11.1 Å². The topological polar surface area (TPSA) is 58.6 Å². The molecule has 21 heavy (non-hydrogen) atoms. The van der Waals surface area contributed by atoms with E-state index in [9.17, 15) is 9.90 Å². The van der Waals surface area contributed by atoms with Crippen LogP contribution in [0, 0.1) is 0 Å². The van der Waals surface area contributed by atoms with Crippen LogP contribution >= 0.6 is 0 Å². The van der Waals surface area contributed by atoms with E-state index in [4.69, 9.17) is 4.74 Å². The van der Waals surface area contributed by atoms with Gasteiger partial charge in [-0.1, -0.05) is 24.3 Å². The largest absolute Gasteiger partial charge is 0.504 e. The van der Waals surface area contributed by atoms with Gasteiger partial charge in [0, 0.05) is 17.7 Å². The predicted octanol–water partition coefficient (Wildman–Crippen LogP) is 2.45. The van der Waals surface area contributed by atoms with E-state index in [-0.39, 0.29) is 17.6 Å². The summed E-state index contributed by atoms with van der Waals surface area (Å²) in [5.41, 5.74) is 4.35. The first-order valence-electron chi connectivity index (χ1n) is 7.02. The first-order valence-corrected chi connectivity index (χ1v) is 7.02. The molecule has 2 N–H and O–H groups in total. The van der Waals surface area contributed by atoms with Crippen molar-refractivity contribution in [3.8, 4) is 22.6 Å². The molecule has 2 aromatic rings. The molecule has 4 rings (SSSR count). The van der Waals surface area contributed by atoms with Gasteiger partial charge in [0.2, 0.25) is 0 Å². The Morgan fingerprint density at radius 2 is 2.05 bits per heavy atom. The fourth-order valence-electron chi connectivity index (χ4n) is 3.48. The van der Waals surface area contributed by atoms with Crippen LogP contribution in [0.5, 0.6) is 11.5 Å². The van der Waals surface area contributed by atoms with Crippen molar-refractivity contribution in [1.82, 2.24) is 5.32 Å². The molecule has 1 aliphatic carbocycles. The molecule has 1 atom stereocenters. The number of ether oxygens (including phenoxy) is 1. The molecule has 2 aliphatic rings. The Morgan fingerprint density at radius 1 is 1.29 bits per heavy atom. The molecular formula is C17H15NO3. The minimum absolute atomic E-state index is 0.0896. The Hall–Kier alpha value is -2.33. The molecule has 0 spiro atoms. The number of hydrogen-bond donors (Lipinski definition) is 2. The third-order valence-electron chi connectivity index (χ3n) is 4.35. The summed E-state index contributed by atoms with van der Waals surface area (Å²) in [5.74, 6) is 0.672. The van der Waals surface area contributed by atoms with Gasteiger partial charge in [0.15, 0.2) is 17.3 Å². The average molecular weight is 281 g/mol. The number of hydrogen-bond acceptors (Lipinski definition) is 4. The molecule has 0 aromatic heterocycles. The number of nitrogens with one attached hydrogen (secondary N) is 1. The van der Waals surface area contributed by atoms with Crippen molar-refractivity contribution in [2.75, 3.05) is 13.7 Å². The minimum Gasteiger partial charge on any atom is -0.504 e. The van der Waals surface area contributed by atoms with Crippen LogP contribution in [0.3, 0.4) is 0 Å². The van der Waals surface area contributed by atoms with Gasteiger partial charge in [-0.3, -0.25) is 4.79 Å². The molecule has 0 bridgehead atoms. The summed E-state index contributed by atoms with van der Waals surface area (Å²) >= 11 is 0. The number of phenols is 1. The smallest absolute Gasteiger partial charge is 0.184 e. The van der Waals surface area contributed by atoms with Gasteiger partial charge >= 0.3 is 0 Å². The number of phenolic OH excluding ortho intramolecular Hbond substituents is 1. The van der Waals surface area contributed by atoms with E-state index < -0.39 is 0 Å². The maximum Gasteiger partial charge on any atom is 0.184 e. The number of methoxy groups -OCH3 is 1. The molecule has 106 valence electrons. The van der Waals surface area contributed by atoms with Crippen LogP contribution in [0.2, 0.25) is 0 Å². The second-order valence-corrected chi connectivity index (χ2v) is 5.42. The van der Waals surface area contributed by atoms with E-state index in [2.05, 4.69) is 5.32 Å². The molecule has 0 fully saturated rings. The minimum atomic E-state index is -0.340. The standard InChI is InChI=1S/C17H15NO3/c1-21-17-12(19)8-9-6-7-18-15-13(9)14(17)10-4-2-3-5-11(10)16(15)20/h2-5,8,15,18-19H,6-7H2,1H3/t15-/m0/s1. The Bertz CT molecular complexity index is 767. The van der Waals surface area contributed by atoms with E-state index in [0.717, 1.165) is 35.2 Å². The number of carbonyl (C=O) groups is 1. The van der Waals surface area contributed by atoms with Crippen LogP contribution in [-0.4, -0.2) is 24.5 Å². The van der Waals surface area contributed by atoms with Gasteiger partial charge in [-0.2, -0.15) is 0 Å². The lowest BCUT2D eigenvalue weighted by atomic mass is 9.76. The van der Waals surface area contributed by atoms with Gasteiger partial charge in [-0.05, 0) is 29.2 Å². The zero-order valence-electron chi connectivity index (χ0n) is 11.6. The van der Waals surface area contributed by atoms with Crippen molar-refractivity contribution >= 4 is 5.78 Å². The molecule has 0 saturated heterocycles. The van der Waals surface area contributed by atoms with E-state index in [1.165, 1.54) is 0 Å². The fraction of sp³-hybridized carbons (Fsp3) is 0.235. The first kappa shape index (κ1) is 12.4. The molecule has 0 saturated carbocycles. The van der Waals surface area contributed by atoms with Crippen LogP contribution in [0.4, 0.5) is 0 Å². The van der Waals surface area contributed by atoms with Crippen molar-refractivity contribution in [2.45, 2.75) is 12.5 Å². The van der Waals surface area contributed by atoms with E-state index in [1.54, 1.807) is 13.2 Å². The van der Waals surface area contributed by atoms with Gasteiger partial charge in [0.1, 0.15) is 0 Å². The number of fused-ring (bicyclic) bond motifs is 2. The molecule has 1 aliphatic heterocycles. The SMILES string of the molecule is COc1c(O)cc2c3c1-c1ccccc1C(=O)[C@H]3NCC2. The summed E-state index contributed by atoms with van der Waals surface area (Å²) < 4.78 is 5.42. The van der Waals surface area contributed by atoms with Gasteiger partial charge in [-0.15, -0.1) is 0 Å². The third-order valence-corrected chi connectivity index (χ3v) is 4.35. The maximum absolute atomic E-state index is 12.7. The molecule has 0 unspecified atom stereocenters. The van der Waals surface area contributed by atoms with E-state index in [0.29, 0.717) is 11.3 Å². The summed E-state index contributed by atoms with van der Waals surface area (Å²) in [5, 5.41) is 13.5. The highest BCUT2D eigenvalue weighted by Crippen LogP contribution is 2.50. The number of aromatic hydroxyl groups is 1. The van der Waals surface area contributed by atoms with Gasteiger partial charge in [0.25, 0.3) is 0 Å². The lowest BCUT2D eigenvalue weighted by Crippen LogP contribution is -2.38. The van der Waals surface area contributed by atoms with Crippen molar-refractivity contribution < 1.29 is 14.6 Å². The van der Waals surface area contributed by atoms with E-state index in [1.807, 2.05) is 24.3 Å². The molecule has 1 heterocycles. The normalized spacial score (nSPS) is 18.9. The Morgan fingerprint density at radius 3 is 2.81 bits per heavy atom. The van der Waals surface area contributed by atoms with Gasteiger partial charge in [0.05, 0.1) is 13.2 Å². The number of ketones is 1. The van der Waals surface area contributed by atoms with Crippen molar-refractivity contribution in [3.63, 3.8) is 0 Å². The van der Waals surface area contributed by atoms with Crippen LogP contribution in [0.1, 0.15) is 27.5 Å². The van der Waals surface area contributed by atoms with Crippen molar-refractivity contribution in [3.05, 3.63) is 47.0 Å². The molecule has 2 aromatic carbocycles. The number of rotatable bonds is 1. The Balaban J connectivity index is 2.15. The molecule has 0 radical (unpaired) electrons. The zero-order chi connectivity index (χ0) is 14.6. The highest BCUT2D eigenvalue weighted by Gasteiger charge is 2.38. The summed E-state index contributed by atoms with van der Waals surface area (Å²) in [6.07, 6.45) is 0.797. The highest BCUT2D eigenvalue weighted by molar-refractivity contribution is 6.11. The summed E-state index contributed by atoms with van der Waals surface area (Å²) in [6.45, 7) is 0.733. The second-order valence-electron chi connectivity index (χ2n) is 5.42. The Kier molecular flexibility index (Phi) is 2.56. The van der Waals surface area contributed by atoms with E-state index >= 15 is 0 Å². The summed E-state index contributed by atoms with van der Waals surface area (Å²) in [7, 11) is 1.54.